The summed E-state index contributed by atoms with van der Waals surface area (Å²) in [5.74, 6) is -0.138. The van der Waals surface area contributed by atoms with Crippen LogP contribution < -0.4 is 0 Å². The number of carbonyl (C=O) groups is 1. The van der Waals surface area contributed by atoms with Crippen molar-refractivity contribution in [2.75, 3.05) is 6.61 Å². The van der Waals surface area contributed by atoms with Gasteiger partial charge in [0.15, 0.2) is 0 Å². The van der Waals surface area contributed by atoms with E-state index in [-0.39, 0.29) is 10.8 Å². The van der Waals surface area contributed by atoms with E-state index < -0.39 is 0 Å². The minimum atomic E-state index is -0.138. The number of unbranched alkanes of at least 4 members (excludes halogenated alkanes) is 1. The third-order valence-electron chi connectivity index (χ3n) is 1.36. The Morgan fingerprint density at radius 1 is 1.55 bits per heavy atom. The highest BCUT2D eigenvalue weighted by molar-refractivity contribution is 9.10. The van der Waals surface area contributed by atoms with Gasteiger partial charge in [0.1, 0.15) is 4.83 Å². The van der Waals surface area contributed by atoms with E-state index in [1.54, 1.807) is 0 Å². The maximum Gasteiger partial charge on any atom is 0.319 e. The fourth-order valence-corrected chi connectivity index (χ4v) is 0.706. The number of halogens is 1. The van der Waals surface area contributed by atoms with Gasteiger partial charge in [0.05, 0.1) is 6.61 Å². The topological polar surface area (TPSA) is 26.3 Å². The van der Waals surface area contributed by atoms with Gasteiger partial charge in [-0.05, 0) is 12.8 Å². The molecule has 0 aromatic heterocycles. The lowest BCUT2D eigenvalue weighted by atomic mass is 10.3. The van der Waals surface area contributed by atoms with Crippen LogP contribution in [0.5, 0.6) is 0 Å². The Bertz CT molecular complexity index is 115. The molecule has 0 radical (unpaired) electrons. The molecule has 0 spiro atoms. The van der Waals surface area contributed by atoms with Crippen LogP contribution in [0.15, 0.2) is 0 Å². The van der Waals surface area contributed by atoms with Gasteiger partial charge < -0.3 is 4.74 Å². The third kappa shape index (κ3) is 5.24. The Hall–Kier alpha value is -0.0500. The van der Waals surface area contributed by atoms with E-state index in [2.05, 4.69) is 22.9 Å². The molecule has 0 bridgehead atoms. The van der Waals surface area contributed by atoms with E-state index in [9.17, 15) is 4.79 Å². The summed E-state index contributed by atoms with van der Waals surface area (Å²) in [6.45, 7) is 4.57. The first-order valence-electron chi connectivity index (χ1n) is 4.03. The summed E-state index contributed by atoms with van der Waals surface area (Å²) in [4.78, 5) is 10.9. The van der Waals surface area contributed by atoms with Crippen molar-refractivity contribution in [3.63, 3.8) is 0 Å². The zero-order chi connectivity index (χ0) is 8.69. The van der Waals surface area contributed by atoms with Crippen molar-refractivity contribution in [3.8, 4) is 0 Å². The number of alkyl halides is 1. The molecule has 1 atom stereocenters. The maximum absolute atomic E-state index is 11.0. The SMILES string of the molecule is CCCCOC(=O)C(Br)CC. The molecule has 0 amide bonds. The monoisotopic (exact) mass is 222 g/mol. The van der Waals surface area contributed by atoms with Gasteiger partial charge in [-0.25, -0.2) is 0 Å². The minimum absolute atomic E-state index is 0.126. The summed E-state index contributed by atoms with van der Waals surface area (Å²) in [5, 5.41) is 0. The molecule has 0 aromatic carbocycles. The molecule has 0 aliphatic rings. The second kappa shape index (κ2) is 6.65. The normalized spacial score (nSPS) is 12.6. The molecule has 11 heavy (non-hydrogen) atoms. The molecule has 0 saturated heterocycles. The van der Waals surface area contributed by atoms with Crippen LogP contribution in [0.25, 0.3) is 0 Å². The predicted molar refractivity (Wildman–Crippen MR) is 48.9 cm³/mol. The molecule has 0 aromatic rings. The van der Waals surface area contributed by atoms with Crippen LogP contribution in [0.2, 0.25) is 0 Å². The molecule has 1 unspecified atom stereocenters. The smallest absolute Gasteiger partial charge is 0.319 e. The second-order valence-electron chi connectivity index (χ2n) is 2.40. The zero-order valence-corrected chi connectivity index (χ0v) is 8.69. The molecule has 66 valence electrons. The van der Waals surface area contributed by atoms with Gasteiger partial charge in [0.2, 0.25) is 0 Å². The molecule has 2 nitrogen and oxygen atoms in total. The molecule has 0 rings (SSSR count). The summed E-state index contributed by atoms with van der Waals surface area (Å²) in [6.07, 6.45) is 2.80. The number of hydrogen-bond donors (Lipinski definition) is 0. The van der Waals surface area contributed by atoms with Crippen molar-refractivity contribution in [2.24, 2.45) is 0 Å². The molecular formula is C8H15BrO2. The number of esters is 1. The molecule has 0 aliphatic heterocycles. The first-order chi connectivity index (χ1) is 5.22. The van der Waals surface area contributed by atoms with E-state index in [1.165, 1.54) is 0 Å². The van der Waals surface area contributed by atoms with Gasteiger partial charge in [0, 0.05) is 0 Å². The van der Waals surface area contributed by atoms with Gasteiger partial charge in [-0.15, -0.1) is 0 Å². The van der Waals surface area contributed by atoms with Crippen molar-refractivity contribution < 1.29 is 9.53 Å². The second-order valence-corrected chi connectivity index (χ2v) is 3.50. The van der Waals surface area contributed by atoms with E-state index in [0.717, 1.165) is 19.3 Å². The first-order valence-corrected chi connectivity index (χ1v) is 4.94. The highest BCUT2D eigenvalue weighted by atomic mass is 79.9. The summed E-state index contributed by atoms with van der Waals surface area (Å²) in [7, 11) is 0. The Kier molecular flexibility index (Phi) is 6.62. The summed E-state index contributed by atoms with van der Waals surface area (Å²) < 4.78 is 4.95. The number of hydrogen-bond acceptors (Lipinski definition) is 2. The average Bonchev–Trinajstić information content (AvgIpc) is 2.03. The van der Waals surface area contributed by atoms with Crippen LogP contribution in [0.1, 0.15) is 33.1 Å². The molecule has 3 heteroatoms. The standard InChI is InChI=1S/C8H15BrO2/c1-3-5-6-11-8(10)7(9)4-2/h7H,3-6H2,1-2H3. The summed E-state index contributed by atoms with van der Waals surface area (Å²) in [5.41, 5.74) is 0. The first kappa shape index (κ1) is 11.0. The summed E-state index contributed by atoms with van der Waals surface area (Å²) in [6, 6.07) is 0. The van der Waals surface area contributed by atoms with Gasteiger partial charge in [-0.3, -0.25) is 4.79 Å². The van der Waals surface area contributed by atoms with Crippen molar-refractivity contribution in [1.29, 1.82) is 0 Å². The third-order valence-corrected chi connectivity index (χ3v) is 2.38. The van der Waals surface area contributed by atoms with Gasteiger partial charge in [0.25, 0.3) is 0 Å². The van der Waals surface area contributed by atoms with Crippen molar-refractivity contribution >= 4 is 21.9 Å². The largest absolute Gasteiger partial charge is 0.465 e. The van der Waals surface area contributed by atoms with Gasteiger partial charge in [-0.1, -0.05) is 36.2 Å². The molecule has 0 fully saturated rings. The average molecular weight is 223 g/mol. The van der Waals surface area contributed by atoms with Crippen LogP contribution in [-0.2, 0) is 9.53 Å². The van der Waals surface area contributed by atoms with Crippen LogP contribution >= 0.6 is 15.9 Å². The van der Waals surface area contributed by atoms with Crippen LogP contribution in [0.3, 0.4) is 0 Å². The van der Waals surface area contributed by atoms with Crippen molar-refractivity contribution in [1.82, 2.24) is 0 Å². The Morgan fingerprint density at radius 3 is 2.64 bits per heavy atom. The molecular weight excluding hydrogens is 208 g/mol. The Morgan fingerprint density at radius 2 is 2.18 bits per heavy atom. The van der Waals surface area contributed by atoms with Crippen molar-refractivity contribution in [2.45, 2.75) is 37.9 Å². The zero-order valence-electron chi connectivity index (χ0n) is 7.10. The molecule has 0 saturated carbocycles. The van der Waals surface area contributed by atoms with Crippen LogP contribution in [0, 0.1) is 0 Å². The van der Waals surface area contributed by atoms with E-state index >= 15 is 0 Å². The fourth-order valence-electron chi connectivity index (χ4n) is 0.574. The lowest BCUT2D eigenvalue weighted by Crippen LogP contribution is -2.16. The van der Waals surface area contributed by atoms with E-state index in [1.807, 2.05) is 6.92 Å². The lowest BCUT2D eigenvalue weighted by Gasteiger charge is -2.06. The van der Waals surface area contributed by atoms with Gasteiger partial charge in [-0.2, -0.15) is 0 Å². The minimum Gasteiger partial charge on any atom is -0.465 e. The van der Waals surface area contributed by atoms with Crippen LogP contribution in [0.4, 0.5) is 0 Å². The van der Waals surface area contributed by atoms with Gasteiger partial charge >= 0.3 is 5.97 Å². The predicted octanol–water partition coefficient (Wildman–Crippen LogP) is 2.50. The molecule has 0 N–H and O–H groups in total. The fraction of sp³-hybridized carbons (Fsp3) is 0.875. The molecule has 0 aliphatic carbocycles. The quantitative estimate of drug-likeness (QED) is 0.406. The van der Waals surface area contributed by atoms with E-state index in [0.29, 0.717) is 6.61 Å². The Labute approximate surface area is 76.4 Å². The Balaban J connectivity index is 3.36. The number of rotatable bonds is 5. The summed E-state index contributed by atoms with van der Waals surface area (Å²) >= 11 is 3.22. The van der Waals surface area contributed by atoms with Crippen molar-refractivity contribution in [3.05, 3.63) is 0 Å². The van der Waals surface area contributed by atoms with Crippen LogP contribution in [-0.4, -0.2) is 17.4 Å². The lowest BCUT2D eigenvalue weighted by molar-refractivity contribution is -0.142. The maximum atomic E-state index is 11.0. The molecule has 0 heterocycles. The highest BCUT2D eigenvalue weighted by Gasteiger charge is 2.12. The highest BCUT2D eigenvalue weighted by Crippen LogP contribution is 2.06. The number of carbonyl (C=O) groups excluding carboxylic acids is 1. The number of ether oxygens (including phenoxy) is 1. The van der Waals surface area contributed by atoms with E-state index in [4.69, 9.17) is 4.74 Å².